The maximum atomic E-state index is 13.1. The average molecular weight is 634 g/mol. The fraction of sp³-hybridized carbons (Fsp3) is 0.680. The lowest BCUT2D eigenvalue weighted by Crippen LogP contribution is -2.60. The van der Waals surface area contributed by atoms with Gasteiger partial charge in [0.1, 0.15) is 30.7 Å². The molecule has 0 bridgehead atoms. The van der Waals surface area contributed by atoms with Crippen LogP contribution >= 0.6 is 0 Å². The minimum absolute atomic E-state index is 0.0808. The summed E-state index contributed by atoms with van der Waals surface area (Å²) < 4.78 is 0. The SMILES string of the molecule is CC[C@H](C)[C@H](N)C(=O)N[C@@H](CC(=O)O)C(=O)N[C@@H](CC(=O)O)C(=O)N[C@@H](CCCCN)C(=O)N[C@@H](CO)C(=O)NCC(=O)O. The summed E-state index contributed by atoms with van der Waals surface area (Å²) in [7, 11) is 0. The van der Waals surface area contributed by atoms with Crippen molar-refractivity contribution >= 4 is 47.4 Å². The highest BCUT2D eigenvalue weighted by Gasteiger charge is 2.34. The Balaban J connectivity index is 5.93. The van der Waals surface area contributed by atoms with Crippen molar-refractivity contribution in [1.29, 1.82) is 0 Å². The van der Waals surface area contributed by atoms with Gasteiger partial charge >= 0.3 is 17.9 Å². The Morgan fingerprint density at radius 1 is 0.659 bits per heavy atom. The van der Waals surface area contributed by atoms with Crippen LogP contribution in [0.2, 0.25) is 0 Å². The Morgan fingerprint density at radius 3 is 1.55 bits per heavy atom. The number of hydrogen-bond acceptors (Lipinski definition) is 11. The first-order chi connectivity index (χ1) is 20.6. The molecule has 0 spiro atoms. The van der Waals surface area contributed by atoms with Crippen molar-refractivity contribution in [2.75, 3.05) is 19.7 Å². The number of nitrogens with one attached hydrogen (secondary N) is 5. The Hall–Kier alpha value is -4.36. The monoisotopic (exact) mass is 633 g/mol. The zero-order valence-corrected chi connectivity index (χ0v) is 24.5. The molecule has 0 aromatic rings. The summed E-state index contributed by atoms with van der Waals surface area (Å²) in [6, 6.07) is -7.73. The number of carbonyl (C=O) groups excluding carboxylic acids is 5. The number of hydrogen-bond donors (Lipinski definition) is 11. The molecule has 19 heteroatoms. The van der Waals surface area contributed by atoms with Crippen LogP contribution in [0, 0.1) is 5.92 Å². The van der Waals surface area contributed by atoms with Gasteiger partial charge in [-0.25, -0.2) is 0 Å². The lowest BCUT2D eigenvalue weighted by molar-refractivity contribution is -0.143. The second-order valence-electron chi connectivity index (χ2n) is 9.93. The number of aliphatic hydroxyl groups is 1. The normalized spacial score (nSPS) is 14.8. The van der Waals surface area contributed by atoms with Gasteiger partial charge in [-0.3, -0.25) is 38.4 Å². The molecule has 0 saturated carbocycles. The van der Waals surface area contributed by atoms with Crippen LogP contribution in [-0.4, -0.2) is 118 Å². The molecular weight excluding hydrogens is 590 g/mol. The molecular formula is C25H43N7O12. The first-order valence-corrected chi connectivity index (χ1v) is 13.8. The van der Waals surface area contributed by atoms with Gasteiger partial charge < -0.3 is 58.5 Å². The molecule has 5 amide bonds. The predicted molar refractivity (Wildman–Crippen MR) is 150 cm³/mol. The third kappa shape index (κ3) is 15.2. The molecule has 0 fully saturated rings. The first-order valence-electron chi connectivity index (χ1n) is 13.8. The summed E-state index contributed by atoms with van der Waals surface area (Å²) in [6.45, 7) is 1.90. The lowest BCUT2D eigenvalue weighted by atomic mass is 9.99. The second-order valence-corrected chi connectivity index (χ2v) is 9.93. The van der Waals surface area contributed by atoms with Crippen LogP contribution in [0.1, 0.15) is 52.4 Å². The van der Waals surface area contributed by atoms with E-state index in [0.29, 0.717) is 12.8 Å². The predicted octanol–water partition coefficient (Wildman–Crippen LogP) is -4.43. The number of aliphatic carboxylic acids is 3. The van der Waals surface area contributed by atoms with Crippen LogP contribution in [0.3, 0.4) is 0 Å². The molecule has 0 saturated heterocycles. The number of carboxylic acid groups (broad SMARTS) is 3. The van der Waals surface area contributed by atoms with Crippen LogP contribution in [0.4, 0.5) is 0 Å². The van der Waals surface area contributed by atoms with Crippen molar-refractivity contribution in [3.05, 3.63) is 0 Å². The fourth-order valence-electron chi connectivity index (χ4n) is 3.61. The average Bonchev–Trinajstić information content (AvgIpc) is 2.95. The van der Waals surface area contributed by atoms with Crippen LogP contribution < -0.4 is 38.1 Å². The lowest BCUT2D eigenvalue weighted by Gasteiger charge is -2.26. The molecule has 0 aliphatic heterocycles. The van der Waals surface area contributed by atoms with Gasteiger partial charge in [0, 0.05) is 0 Å². The molecule has 0 rings (SSSR count). The standard InChI is InChI=1S/C25H43N7O12/c1-3-12(2)20(27)25(44)31-15(9-18(36)37)24(43)30-14(8-17(34)35)23(42)29-13(6-4-5-7-26)22(41)32-16(11-33)21(40)28-10-19(38)39/h12-16,20,33H,3-11,26-27H2,1-2H3,(H,28,40)(H,29,42)(H,30,43)(H,31,44)(H,32,41)(H,34,35)(H,36,37)(H,38,39)/t12-,13-,14-,15-,16-,20-/m0/s1. The van der Waals surface area contributed by atoms with Crippen molar-refractivity contribution in [2.24, 2.45) is 17.4 Å². The summed E-state index contributed by atoms with van der Waals surface area (Å²) in [4.78, 5) is 97.2. The van der Waals surface area contributed by atoms with Gasteiger partial charge in [0.2, 0.25) is 29.5 Å². The molecule has 0 unspecified atom stereocenters. The van der Waals surface area contributed by atoms with Crippen LogP contribution in [0.5, 0.6) is 0 Å². The zero-order chi connectivity index (χ0) is 34.0. The van der Waals surface area contributed by atoms with E-state index in [1.54, 1.807) is 13.8 Å². The van der Waals surface area contributed by atoms with Crippen molar-refractivity contribution in [2.45, 2.75) is 82.6 Å². The summed E-state index contributed by atoms with van der Waals surface area (Å²) >= 11 is 0. The van der Waals surface area contributed by atoms with E-state index in [2.05, 4.69) is 21.3 Å². The molecule has 0 radical (unpaired) electrons. The topological polar surface area (TPSA) is 330 Å². The van der Waals surface area contributed by atoms with Crippen LogP contribution in [0.15, 0.2) is 0 Å². The van der Waals surface area contributed by atoms with Gasteiger partial charge in [0.15, 0.2) is 0 Å². The maximum Gasteiger partial charge on any atom is 0.322 e. The number of unbranched alkanes of at least 4 members (excludes halogenated alkanes) is 1. The van der Waals surface area contributed by atoms with Gasteiger partial charge in [0.25, 0.3) is 0 Å². The first kappa shape index (κ1) is 39.6. The number of carboxylic acids is 3. The Morgan fingerprint density at radius 2 is 1.11 bits per heavy atom. The van der Waals surface area contributed by atoms with Crippen LogP contribution in [0.25, 0.3) is 0 Å². The summed E-state index contributed by atoms with van der Waals surface area (Å²) in [5.41, 5.74) is 11.3. The van der Waals surface area contributed by atoms with Crippen LogP contribution in [-0.2, 0) is 38.4 Å². The number of aliphatic hydroxyl groups excluding tert-OH is 1. The third-order valence-corrected chi connectivity index (χ3v) is 6.39. The van der Waals surface area contributed by atoms with E-state index in [1.165, 1.54) is 0 Å². The molecule has 0 aromatic heterocycles. The minimum atomic E-state index is -1.85. The highest BCUT2D eigenvalue weighted by molar-refractivity contribution is 5.98. The summed E-state index contributed by atoms with van der Waals surface area (Å²) in [5.74, 6) is -10.0. The van der Waals surface area contributed by atoms with E-state index in [-0.39, 0.29) is 25.3 Å². The van der Waals surface area contributed by atoms with Gasteiger partial charge in [-0.1, -0.05) is 20.3 Å². The Labute approximate surface area is 252 Å². The van der Waals surface area contributed by atoms with Gasteiger partial charge in [-0.2, -0.15) is 0 Å². The van der Waals surface area contributed by atoms with Gasteiger partial charge in [0.05, 0.1) is 25.5 Å². The number of carbonyl (C=O) groups is 8. The quantitative estimate of drug-likeness (QED) is 0.0501. The highest BCUT2D eigenvalue weighted by Crippen LogP contribution is 2.08. The Kier molecular flexibility index (Phi) is 18.5. The number of nitrogens with two attached hydrogens (primary N) is 2. The molecule has 0 aliphatic rings. The van der Waals surface area contributed by atoms with Crippen molar-refractivity contribution in [1.82, 2.24) is 26.6 Å². The smallest absolute Gasteiger partial charge is 0.322 e. The second kappa shape index (κ2) is 20.5. The molecule has 6 atom stereocenters. The molecule has 250 valence electrons. The fourth-order valence-corrected chi connectivity index (χ4v) is 3.61. The largest absolute Gasteiger partial charge is 0.481 e. The molecule has 44 heavy (non-hydrogen) atoms. The minimum Gasteiger partial charge on any atom is -0.481 e. The number of rotatable bonds is 22. The third-order valence-electron chi connectivity index (χ3n) is 6.39. The van der Waals surface area contributed by atoms with E-state index in [1.807, 2.05) is 5.32 Å². The van der Waals surface area contributed by atoms with Gasteiger partial charge in [-0.05, 0) is 31.7 Å². The van der Waals surface area contributed by atoms with E-state index in [9.17, 15) is 53.7 Å². The summed E-state index contributed by atoms with van der Waals surface area (Å²) in [5, 5.41) is 47.5. The molecule has 0 heterocycles. The van der Waals surface area contributed by atoms with E-state index in [4.69, 9.17) is 16.6 Å². The van der Waals surface area contributed by atoms with Gasteiger partial charge in [-0.15, -0.1) is 0 Å². The summed E-state index contributed by atoms with van der Waals surface area (Å²) in [6.07, 6.45) is -0.857. The molecule has 13 N–H and O–H groups in total. The molecule has 0 aromatic carbocycles. The number of amides is 5. The van der Waals surface area contributed by atoms with E-state index in [0.717, 1.165) is 0 Å². The van der Waals surface area contributed by atoms with Crippen molar-refractivity contribution in [3.63, 3.8) is 0 Å². The van der Waals surface area contributed by atoms with E-state index < -0.39 is 104 Å². The van der Waals surface area contributed by atoms with Crippen molar-refractivity contribution in [3.8, 4) is 0 Å². The zero-order valence-electron chi connectivity index (χ0n) is 24.5. The van der Waals surface area contributed by atoms with Crippen molar-refractivity contribution < 1.29 is 58.8 Å². The molecule has 19 nitrogen and oxygen atoms in total. The van der Waals surface area contributed by atoms with E-state index >= 15 is 0 Å². The Bertz CT molecular complexity index is 1040. The highest BCUT2D eigenvalue weighted by atomic mass is 16.4. The molecule has 0 aliphatic carbocycles. The maximum absolute atomic E-state index is 13.1.